The van der Waals surface area contributed by atoms with Crippen LogP contribution in [0.2, 0.25) is 5.02 Å². The average Bonchev–Trinajstić information content (AvgIpc) is 3.74. The molecule has 234 valence electrons. The molecule has 17 heteroatoms. The predicted octanol–water partition coefficient (Wildman–Crippen LogP) is 2.39. The molecule has 0 aliphatic heterocycles. The van der Waals surface area contributed by atoms with Gasteiger partial charge in [0.25, 0.3) is 5.91 Å². The lowest BCUT2D eigenvalue weighted by Crippen LogP contribution is -2.50. The molecular formula is C27H28ClF3N8O5. The number of ether oxygens (including phenoxy) is 1. The molecule has 0 saturated heterocycles. The lowest BCUT2D eigenvalue weighted by atomic mass is 10.1. The summed E-state index contributed by atoms with van der Waals surface area (Å²) in [7, 11) is 0. The minimum Gasteiger partial charge on any atom is -0.454 e. The molecule has 4 rings (SSSR count). The van der Waals surface area contributed by atoms with Crippen LogP contribution in [0.4, 0.5) is 30.8 Å². The Morgan fingerprint density at radius 2 is 1.59 bits per heavy atom. The zero-order valence-corrected chi connectivity index (χ0v) is 23.9. The van der Waals surface area contributed by atoms with Crippen molar-refractivity contribution in [3.63, 3.8) is 0 Å². The van der Waals surface area contributed by atoms with Crippen molar-refractivity contribution in [1.29, 1.82) is 0 Å². The molecule has 44 heavy (non-hydrogen) atoms. The van der Waals surface area contributed by atoms with Crippen molar-refractivity contribution in [2.24, 2.45) is 5.73 Å². The van der Waals surface area contributed by atoms with E-state index in [1.54, 1.807) is 12.1 Å². The number of primary amides is 1. The lowest BCUT2D eigenvalue weighted by molar-refractivity contribution is -0.154. The van der Waals surface area contributed by atoms with E-state index in [0.717, 1.165) is 18.4 Å². The van der Waals surface area contributed by atoms with Crippen molar-refractivity contribution in [3.05, 3.63) is 64.7 Å². The van der Waals surface area contributed by atoms with Gasteiger partial charge in [-0.2, -0.15) is 28.1 Å². The van der Waals surface area contributed by atoms with Crippen LogP contribution in [0.25, 0.3) is 0 Å². The van der Waals surface area contributed by atoms with Gasteiger partial charge in [-0.05, 0) is 61.7 Å². The number of halogens is 4. The molecule has 7 N–H and O–H groups in total. The van der Waals surface area contributed by atoms with Gasteiger partial charge in [0.15, 0.2) is 6.61 Å². The number of aromatic nitrogens is 3. The highest BCUT2D eigenvalue weighted by Gasteiger charge is 2.45. The molecule has 1 fully saturated rings. The SMILES string of the molecule is CC(O)(CNC(=O)C(N)=O)CNC(=O)c1ccc(Nc2nc(NC3(c4ccc(Cl)cc4)CC3)nc(OCC(F)(F)F)n2)cc1. The first-order valence-electron chi connectivity index (χ1n) is 13.1. The van der Waals surface area contributed by atoms with Gasteiger partial charge in [0, 0.05) is 29.4 Å². The number of anilines is 3. The van der Waals surface area contributed by atoms with Gasteiger partial charge in [-0.3, -0.25) is 14.4 Å². The van der Waals surface area contributed by atoms with Crippen LogP contribution in [0.3, 0.4) is 0 Å². The average molecular weight is 637 g/mol. The second kappa shape index (κ2) is 12.9. The Balaban J connectivity index is 1.44. The lowest BCUT2D eigenvalue weighted by Gasteiger charge is -2.23. The van der Waals surface area contributed by atoms with Gasteiger partial charge in [-0.25, -0.2) is 0 Å². The molecule has 3 aromatic rings. The van der Waals surface area contributed by atoms with Crippen LogP contribution in [0.1, 0.15) is 35.7 Å². The third kappa shape index (κ3) is 9.15. The summed E-state index contributed by atoms with van der Waals surface area (Å²) in [5, 5.41) is 21.6. The number of benzene rings is 2. The summed E-state index contributed by atoms with van der Waals surface area (Å²) >= 11 is 6.00. The fourth-order valence-electron chi connectivity index (χ4n) is 3.90. The maximum atomic E-state index is 12.8. The van der Waals surface area contributed by atoms with Crippen LogP contribution < -0.4 is 31.7 Å². The summed E-state index contributed by atoms with van der Waals surface area (Å²) < 4.78 is 43.3. The molecule has 1 saturated carbocycles. The van der Waals surface area contributed by atoms with Crippen LogP contribution in [0.15, 0.2) is 48.5 Å². The predicted molar refractivity (Wildman–Crippen MR) is 152 cm³/mol. The van der Waals surface area contributed by atoms with Gasteiger partial charge in [0.2, 0.25) is 11.9 Å². The maximum Gasteiger partial charge on any atom is 0.422 e. The van der Waals surface area contributed by atoms with Crippen LogP contribution in [-0.4, -0.2) is 69.3 Å². The summed E-state index contributed by atoms with van der Waals surface area (Å²) in [6.45, 7) is -0.862. The molecule has 13 nitrogen and oxygen atoms in total. The summed E-state index contributed by atoms with van der Waals surface area (Å²) in [4.78, 5) is 46.9. The number of nitrogens with zero attached hydrogens (tertiary/aromatic N) is 3. The molecule has 0 radical (unpaired) electrons. The molecular weight excluding hydrogens is 609 g/mol. The van der Waals surface area contributed by atoms with E-state index in [1.165, 1.54) is 31.2 Å². The van der Waals surface area contributed by atoms with Gasteiger partial charge >= 0.3 is 24.0 Å². The Kier molecular flexibility index (Phi) is 9.44. The normalized spacial score (nSPS) is 15.0. The second-order valence-electron chi connectivity index (χ2n) is 10.3. The monoisotopic (exact) mass is 636 g/mol. The first-order valence-corrected chi connectivity index (χ1v) is 13.5. The van der Waals surface area contributed by atoms with Crippen LogP contribution >= 0.6 is 11.6 Å². The van der Waals surface area contributed by atoms with E-state index < -0.39 is 47.7 Å². The zero-order valence-electron chi connectivity index (χ0n) is 23.2. The molecule has 1 unspecified atom stereocenters. The second-order valence-corrected chi connectivity index (χ2v) is 10.7. The summed E-state index contributed by atoms with van der Waals surface area (Å²) in [5.74, 6) is -2.96. The Labute approximate surface area is 253 Å². The molecule has 1 aliphatic carbocycles. The highest BCUT2D eigenvalue weighted by atomic mass is 35.5. The number of carbonyl (C=O) groups excluding carboxylic acids is 3. The maximum absolute atomic E-state index is 12.8. The van der Waals surface area contributed by atoms with Crippen molar-refractivity contribution in [3.8, 4) is 6.01 Å². The Morgan fingerprint density at radius 3 is 2.18 bits per heavy atom. The van der Waals surface area contributed by atoms with Gasteiger partial charge in [0.1, 0.15) is 0 Å². The van der Waals surface area contributed by atoms with Crippen molar-refractivity contribution in [2.75, 3.05) is 30.3 Å². The number of alkyl halides is 3. The molecule has 0 spiro atoms. The van der Waals surface area contributed by atoms with Crippen molar-refractivity contribution < 1.29 is 37.4 Å². The number of aliphatic hydroxyl groups is 1. The molecule has 3 amide bonds. The van der Waals surface area contributed by atoms with Crippen LogP contribution in [0.5, 0.6) is 6.01 Å². The molecule has 0 bridgehead atoms. The third-order valence-corrected chi connectivity index (χ3v) is 6.62. The fourth-order valence-corrected chi connectivity index (χ4v) is 4.03. The van der Waals surface area contributed by atoms with E-state index in [4.69, 9.17) is 22.1 Å². The molecule has 1 heterocycles. The van der Waals surface area contributed by atoms with E-state index in [9.17, 15) is 32.7 Å². The van der Waals surface area contributed by atoms with E-state index in [0.29, 0.717) is 10.7 Å². The smallest absolute Gasteiger partial charge is 0.422 e. The standard InChI is InChI=1S/C27H28ClF3N8O5/c1-25(43,13-34-21(42)19(32)40)12-33-20(41)15-2-8-18(9-3-15)35-22-36-23(38-24(37-22)44-14-27(29,30)31)39-26(10-11-26)16-4-6-17(28)7-5-16/h2-9,43H,10-14H2,1H3,(H2,32,40)(H,33,41)(H,34,42)(H2,35,36,37,38,39). The van der Waals surface area contributed by atoms with E-state index >= 15 is 0 Å². The number of hydrogen-bond donors (Lipinski definition) is 6. The van der Waals surface area contributed by atoms with E-state index in [1.807, 2.05) is 12.1 Å². The van der Waals surface area contributed by atoms with Gasteiger partial charge in [0.05, 0.1) is 11.1 Å². The number of nitrogens with one attached hydrogen (secondary N) is 4. The Morgan fingerprint density at radius 1 is 0.977 bits per heavy atom. The number of carbonyl (C=O) groups is 3. The van der Waals surface area contributed by atoms with Crippen molar-refractivity contribution in [1.82, 2.24) is 25.6 Å². The summed E-state index contributed by atoms with van der Waals surface area (Å²) in [5.41, 5.74) is 4.24. The minimum atomic E-state index is -4.61. The van der Waals surface area contributed by atoms with Gasteiger partial charge < -0.3 is 36.8 Å². The molecule has 1 atom stereocenters. The molecule has 1 aliphatic rings. The largest absolute Gasteiger partial charge is 0.454 e. The first kappa shape index (κ1) is 32.2. The Hall–Kier alpha value is -4.70. The highest BCUT2D eigenvalue weighted by Crippen LogP contribution is 2.48. The third-order valence-electron chi connectivity index (χ3n) is 6.36. The quantitative estimate of drug-likeness (QED) is 0.161. The van der Waals surface area contributed by atoms with E-state index in [2.05, 4.69) is 36.2 Å². The van der Waals surface area contributed by atoms with Crippen molar-refractivity contribution >= 4 is 46.9 Å². The number of rotatable bonds is 12. The minimum absolute atomic E-state index is 0.0119. The summed E-state index contributed by atoms with van der Waals surface area (Å²) in [6.07, 6.45) is -3.16. The number of nitrogens with two attached hydrogens (primary N) is 1. The topological polar surface area (TPSA) is 193 Å². The van der Waals surface area contributed by atoms with Crippen LogP contribution in [0, 0.1) is 0 Å². The fraction of sp³-hybridized carbons (Fsp3) is 0.333. The van der Waals surface area contributed by atoms with Gasteiger partial charge in [-0.15, -0.1) is 0 Å². The molecule has 2 aromatic carbocycles. The van der Waals surface area contributed by atoms with Crippen molar-refractivity contribution in [2.45, 2.75) is 37.1 Å². The van der Waals surface area contributed by atoms with Crippen LogP contribution in [-0.2, 0) is 15.1 Å². The van der Waals surface area contributed by atoms with Gasteiger partial charge in [-0.1, -0.05) is 23.7 Å². The zero-order chi connectivity index (χ0) is 32.1. The summed E-state index contributed by atoms with van der Waals surface area (Å²) in [6, 6.07) is 12.5. The first-order chi connectivity index (χ1) is 20.6. The highest BCUT2D eigenvalue weighted by molar-refractivity contribution is 6.34. The van der Waals surface area contributed by atoms with E-state index in [-0.39, 0.29) is 30.5 Å². The molecule has 1 aromatic heterocycles. The Bertz CT molecular complexity index is 1520. The number of hydrogen-bond acceptors (Lipinski definition) is 10. The number of amides is 3.